The van der Waals surface area contributed by atoms with Gasteiger partial charge in [-0.25, -0.2) is 21.6 Å². The molecule has 0 radical (unpaired) electrons. The van der Waals surface area contributed by atoms with Crippen LogP contribution in [0, 0.1) is 31.3 Å². The SMILES string of the molecule is Cc1ccc(S(=O)(=O)Cc2ccc(F)c(-c3ccc4c(C(=O)NCCCO)[nH]nc4c3F)c2F)c(C)n1. The van der Waals surface area contributed by atoms with E-state index in [1.807, 2.05) is 0 Å². The second kappa shape index (κ2) is 10.3. The maximum absolute atomic E-state index is 15.5. The number of hydrogen-bond acceptors (Lipinski definition) is 6. The van der Waals surface area contributed by atoms with Crippen LogP contribution in [0.1, 0.15) is 33.9 Å². The molecule has 3 N–H and O–H groups in total. The number of H-pyrrole nitrogens is 1. The first-order valence-electron chi connectivity index (χ1n) is 11.2. The lowest BCUT2D eigenvalue weighted by molar-refractivity contribution is 0.0947. The van der Waals surface area contributed by atoms with Crippen LogP contribution in [0.5, 0.6) is 0 Å². The second-order valence-electron chi connectivity index (χ2n) is 8.45. The maximum Gasteiger partial charge on any atom is 0.269 e. The van der Waals surface area contributed by atoms with Crippen molar-refractivity contribution in [2.75, 3.05) is 13.2 Å². The molecule has 4 aromatic rings. The monoisotopic (exact) mass is 532 g/mol. The van der Waals surface area contributed by atoms with Gasteiger partial charge in [0.25, 0.3) is 5.91 Å². The number of aromatic nitrogens is 3. The van der Waals surface area contributed by atoms with Crippen molar-refractivity contribution < 1.29 is 31.5 Å². The number of carbonyl (C=O) groups excluding carboxylic acids is 1. The largest absolute Gasteiger partial charge is 0.396 e. The summed E-state index contributed by atoms with van der Waals surface area (Å²) in [6, 6.07) is 7.16. The number of sulfone groups is 1. The van der Waals surface area contributed by atoms with Gasteiger partial charge in [-0.3, -0.25) is 14.9 Å². The molecule has 2 aromatic heterocycles. The quantitative estimate of drug-likeness (QED) is 0.297. The molecule has 0 fully saturated rings. The summed E-state index contributed by atoms with van der Waals surface area (Å²) < 4.78 is 71.7. The Hall–Kier alpha value is -3.77. The standard InChI is InChI=1S/C25H23F3N4O4S/c1-13-4-9-19(14(2)30-13)37(35,36)12-15-5-8-18(26)20(21(15)27)16-6-7-17-23(22(16)28)31-32-24(17)25(34)29-10-3-11-33/h4-9,33H,3,10-12H2,1-2H3,(H,29,34)(H,31,32). The number of carbonyl (C=O) groups is 1. The highest BCUT2D eigenvalue weighted by Gasteiger charge is 2.26. The van der Waals surface area contributed by atoms with Crippen molar-refractivity contribution >= 4 is 26.6 Å². The molecule has 2 aromatic carbocycles. The van der Waals surface area contributed by atoms with Gasteiger partial charge >= 0.3 is 0 Å². The number of nitrogens with zero attached hydrogens (tertiary/aromatic N) is 2. The summed E-state index contributed by atoms with van der Waals surface area (Å²) in [5.74, 6) is -4.78. The zero-order valence-corrected chi connectivity index (χ0v) is 20.7. The molecule has 0 unspecified atom stereocenters. The lowest BCUT2D eigenvalue weighted by Gasteiger charge is -2.13. The molecular formula is C25H23F3N4O4S. The van der Waals surface area contributed by atoms with Gasteiger partial charge in [-0.05, 0) is 44.5 Å². The molecule has 0 aliphatic carbocycles. The number of aryl methyl sites for hydroxylation is 2. The molecule has 4 rings (SSSR count). The molecule has 0 bridgehead atoms. The van der Waals surface area contributed by atoms with Gasteiger partial charge in [0.15, 0.2) is 15.7 Å². The Bertz CT molecular complexity index is 1620. The fourth-order valence-electron chi connectivity index (χ4n) is 4.02. The Kier molecular flexibility index (Phi) is 7.32. The highest BCUT2D eigenvalue weighted by molar-refractivity contribution is 7.90. The van der Waals surface area contributed by atoms with E-state index in [0.717, 1.165) is 18.2 Å². The summed E-state index contributed by atoms with van der Waals surface area (Å²) in [4.78, 5) is 16.4. The molecule has 12 heteroatoms. The van der Waals surface area contributed by atoms with Crippen LogP contribution in [0.3, 0.4) is 0 Å². The average Bonchev–Trinajstić information content (AvgIpc) is 3.27. The molecule has 0 saturated carbocycles. The van der Waals surface area contributed by atoms with E-state index in [2.05, 4.69) is 20.5 Å². The van der Waals surface area contributed by atoms with Gasteiger partial charge in [0.05, 0.1) is 21.9 Å². The van der Waals surface area contributed by atoms with Crippen LogP contribution >= 0.6 is 0 Å². The predicted molar refractivity (Wildman–Crippen MR) is 130 cm³/mol. The van der Waals surface area contributed by atoms with E-state index in [-0.39, 0.29) is 45.9 Å². The molecule has 0 aliphatic rings. The summed E-state index contributed by atoms with van der Waals surface area (Å²) in [7, 11) is -4.05. The zero-order valence-electron chi connectivity index (χ0n) is 19.9. The van der Waals surface area contributed by atoms with Gasteiger partial charge in [-0.1, -0.05) is 12.1 Å². The number of amides is 1. The summed E-state index contributed by atoms with van der Waals surface area (Å²) in [5, 5.41) is 17.7. The Morgan fingerprint density at radius 1 is 1.05 bits per heavy atom. The van der Waals surface area contributed by atoms with E-state index in [1.165, 1.54) is 25.1 Å². The van der Waals surface area contributed by atoms with Crippen molar-refractivity contribution in [2.24, 2.45) is 0 Å². The highest BCUT2D eigenvalue weighted by Crippen LogP contribution is 2.35. The molecule has 0 saturated heterocycles. The first-order valence-corrected chi connectivity index (χ1v) is 12.9. The lowest BCUT2D eigenvalue weighted by Crippen LogP contribution is -2.25. The van der Waals surface area contributed by atoms with Gasteiger partial charge < -0.3 is 10.4 Å². The minimum absolute atomic E-state index is 0.0544. The van der Waals surface area contributed by atoms with Crippen LogP contribution in [0.2, 0.25) is 0 Å². The number of aliphatic hydroxyl groups is 1. The van der Waals surface area contributed by atoms with Gasteiger partial charge in [-0.2, -0.15) is 5.10 Å². The van der Waals surface area contributed by atoms with Crippen molar-refractivity contribution in [1.82, 2.24) is 20.5 Å². The van der Waals surface area contributed by atoms with Crippen LogP contribution in [0.25, 0.3) is 22.0 Å². The van der Waals surface area contributed by atoms with E-state index in [9.17, 15) is 17.6 Å². The molecule has 37 heavy (non-hydrogen) atoms. The van der Waals surface area contributed by atoms with Crippen LogP contribution in [-0.4, -0.2) is 47.8 Å². The summed E-state index contributed by atoms with van der Waals surface area (Å²) in [5.41, 5.74) is -1.08. The second-order valence-corrected chi connectivity index (χ2v) is 10.4. The summed E-state index contributed by atoms with van der Waals surface area (Å²) in [6.45, 7) is 3.27. The fourth-order valence-corrected chi connectivity index (χ4v) is 5.58. The number of fused-ring (bicyclic) bond motifs is 1. The van der Waals surface area contributed by atoms with Gasteiger partial charge in [0.1, 0.15) is 22.8 Å². The highest BCUT2D eigenvalue weighted by atomic mass is 32.2. The van der Waals surface area contributed by atoms with Crippen LogP contribution < -0.4 is 5.32 Å². The van der Waals surface area contributed by atoms with E-state index in [1.54, 1.807) is 6.92 Å². The molecular weight excluding hydrogens is 509 g/mol. The maximum atomic E-state index is 15.5. The summed E-state index contributed by atoms with van der Waals surface area (Å²) in [6.07, 6.45) is 0.320. The van der Waals surface area contributed by atoms with E-state index in [0.29, 0.717) is 12.1 Å². The van der Waals surface area contributed by atoms with E-state index >= 15 is 8.78 Å². The lowest BCUT2D eigenvalue weighted by atomic mass is 9.99. The minimum atomic E-state index is -4.05. The van der Waals surface area contributed by atoms with Gasteiger partial charge in [0, 0.05) is 35.4 Å². The van der Waals surface area contributed by atoms with E-state index in [4.69, 9.17) is 5.11 Å². The topological polar surface area (TPSA) is 125 Å². The molecule has 0 spiro atoms. The van der Waals surface area contributed by atoms with E-state index < -0.39 is 50.1 Å². The van der Waals surface area contributed by atoms with Crippen molar-refractivity contribution in [1.29, 1.82) is 0 Å². The fraction of sp³-hybridized carbons (Fsp3) is 0.240. The summed E-state index contributed by atoms with van der Waals surface area (Å²) >= 11 is 0. The smallest absolute Gasteiger partial charge is 0.269 e. The Morgan fingerprint density at radius 3 is 2.51 bits per heavy atom. The van der Waals surface area contributed by atoms with Crippen molar-refractivity contribution in [3.05, 3.63) is 76.5 Å². The number of aliphatic hydroxyl groups excluding tert-OH is 1. The molecule has 0 aliphatic heterocycles. The Balaban J connectivity index is 1.74. The Labute approximate surface area is 210 Å². The van der Waals surface area contributed by atoms with Crippen LogP contribution in [0.15, 0.2) is 41.3 Å². The number of hydrogen-bond donors (Lipinski definition) is 3. The molecule has 194 valence electrons. The number of rotatable bonds is 8. The zero-order chi connectivity index (χ0) is 26.9. The number of aromatic amines is 1. The molecule has 0 atom stereocenters. The average molecular weight is 533 g/mol. The third-order valence-corrected chi connectivity index (χ3v) is 7.60. The predicted octanol–water partition coefficient (Wildman–Crippen LogP) is 3.75. The normalized spacial score (nSPS) is 11.7. The third-order valence-electron chi connectivity index (χ3n) is 5.81. The van der Waals surface area contributed by atoms with Crippen molar-refractivity contribution in [2.45, 2.75) is 30.9 Å². The van der Waals surface area contributed by atoms with Gasteiger partial charge in [0.2, 0.25) is 0 Å². The minimum Gasteiger partial charge on any atom is -0.396 e. The van der Waals surface area contributed by atoms with Gasteiger partial charge in [-0.15, -0.1) is 0 Å². The van der Waals surface area contributed by atoms with Crippen molar-refractivity contribution in [3.8, 4) is 11.1 Å². The molecule has 1 amide bonds. The van der Waals surface area contributed by atoms with Crippen LogP contribution in [-0.2, 0) is 15.6 Å². The molecule has 2 heterocycles. The third kappa shape index (κ3) is 5.07. The first kappa shape index (κ1) is 26.3. The number of benzene rings is 2. The Morgan fingerprint density at radius 2 is 1.81 bits per heavy atom. The number of nitrogens with one attached hydrogen (secondary N) is 2. The first-order chi connectivity index (χ1) is 17.5. The van der Waals surface area contributed by atoms with Crippen molar-refractivity contribution in [3.63, 3.8) is 0 Å². The number of halogens is 3. The molecule has 8 nitrogen and oxygen atoms in total. The van der Waals surface area contributed by atoms with Crippen LogP contribution in [0.4, 0.5) is 13.2 Å². The number of pyridine rings is 1.